The van der Waals surface area contributed by atoms with Crippen LogP contribution in [0.2, 0.25) is 0 Å². The van der Waals surface area contributed by atoms with Crippen molar-refractivity contribution in [3.8, 4) is 5.69 Å². The van der Waals surface area contributed by atoms with E-state index in [0.717, 1.165) is 41.1 Å². The summed E-state index contributed by atoms with van der Waals surface area (Å²) in [6, 6.07) is 22.3. The van der Waals surface area contributed by atoms with Crippen LogP contribution in [0.1, 0.15) is 35.3 Å². The fraction of sp³-hybridized carbons (Fsp3) is 0.148. The quantitative estimate of drug-likeness (QED) is 0.388. The van der Waals surface area contributed by atoms with E-state index in [9.17, 15) is 13.6 Å². The number of halogens is 2. The Balaban J connectivity index is 1.62. The number of nitrogens with zero attached hydrogens (tertiary/aromatic N) is 2. The van der Waals surface area contributed by atoms with E-state index in [2.05, 4.69) is 28.9 Å². The van der Waals surface area contributed by atoms with E-state index in [-0.39, 0.29) is 5.69 Å². The molecule has 0 bridgehead atoms. The highest BCUT2D eigenvalue weighted by atomic mass is 19.1. The van der Waals surface area contributed by atoms with Gasteiger partial charge in [-0.2, -0.15) is 0 Å². The summed E-state index contributed by atoms with van der Waals surface area (Å²) in [6.07, 6.45) is 2.91. The summed E-state index contributed by atoms with van der Waals surface area (Å²) in [5.74, 6) is -1.51. The first-order valence-corrected chi connectivity index (χ1v) is 10.9. The predicted octanol–water partition coefficient (Wildman–Crippen LogP) is 6.46. The predicted molar refractivity (Wildman–Crippen MR) is 124 cm³/mol. The third kappa shape index (κ3) is 3.89. The Morgan fingerprint density at radius 3 is 2.55 bits per heavy atom. The topological polar surface area (TPSA) is 37.3 Å². The van der Waals surface area contributed by atoms with Crippen LogP contribution in [0.25, 0.3) is 5.69 Å². The van der Waals surface area contributed by atoms with Gasteiger partial charge in [-0.25, -0.2) is 13.6 Å². The van der Waals surface area contributed by atoms with Gasteiger partial charge in [0.05, 0.1) is 24.0 Å². The number of rotatable bonds is 3. The molecule has 0 radical (unpaired) electrons. The fourth-order valence-electron chi connectivity index (χ4n) is 4.40. The Labute approximate surface area is 191 Å². The number of aryl methyl sites for hydroxylation is 1. The third-order valence-electron chi connectivity index (χ3n) is 6.10. The molecule has 2 heterocycles. The summed E-state index contributed by atoms with van der Waals surface area (Å²) in [4.78, 5) is 15.2. The number of amides is 2. The highest BCUT2D eigenvalue weighted by Gasteiger charge is 2.33. The Morgan fingerprint density at radius 1 is 1.00 bits per heavy atom. The summed E-state index contributed by atoms with van der Waals surface area (Å²) in [6.45, 7) is 2.42. The average Bonchev–Trinajstić information content (AvgIpc) is 3.25. The number of aromatic nitrogens is 1. The van der Waals surface area contributed by atoms with Crippen LogP contribution in [0.3, 0.4) is 0 Å². The van der Waals surface area contributed by atoms with Gasteiger partial charge in [-0.15, -0.1) is 0 Å². The van der Waals surface area contributed by atoms with Gasteiger partial charge in [0.25, 0.3) is 0 Å². The summed E-state index contributed by atoms with van der Waals surface area (Å²) >= 11 is 0. The van der Waals surface area contributed by atoms with E-state index >= 15 is 0 Å². The van der Waals surface area contributed by atoms with Crippen LogP contribution in [0.5, 0.6) is 0 Å². The van der Waals surface area contributed by atoms with E-state index in [1.54, 1.807) is 4.90 Å². The minimum absolute atomic E-state index is 0.0607. The molecule has 1 aliphatic heterocycles. The number of hydrogen-bond donors (Lipinski definition) is 1. The summed E-state index contributed by atoms with van der Waals surface area (Å²) in [5, 5.41) is 2.65. The van der Waals surface area contributed by atoms with Gasteiger partial charge in [0.15, 0.2) is 0 Å². The van der Waals surface area contributed by atoms with Crippen LogP contribution in [-0.4, -0.2) is 15.5 Å². The van der Waals surface area contributed by atoms with Crippen molar-refractivity contribution < 1.29 is 13.6 Å². The van der Waals surface area contributed by atoms with Crippen LogP contribution in [0.15, 0.2) is 85.1 Å². The van der Waals surface area contributed by atoms with E-state index in [0.29, 0.717) is 6.54 Å². The lowest BCUT2D eigenvalue weighted by molar-refractivity contribution is 0.194. The second kappa shape index (κ2) is 8.54. The third-order valence-corrected chi connectivity index (χ3v) is 6.10. The van der Waals surface area contributed by atoms with Gasteiger partial charge in [-0.3, -0.25) is 0 Å². The van der Waals surface area contributed by atoms with Crippen molar-refractivity contribution >= 4 is 11.7 Å². The minimum atomic E-state index is -0.814. The Hall–Kier alpha value is -3.93. The molecule has 1 unspecified atom stereocenters. The number of anilines is 1. The van der Waals surface area contributed by atoms with Gasteiger partial charge in [0.1, 0.15) is 11.6 Å². The van der Waals surface area contributed by atoms with Gasteiger partial charge in [-0.05, 0) is 53.4 Å². The van der Waals surface area contributed by atoms with E-state index in [4.69, 9.17) is 0 Å². The molecule has 33 heavy (non-hydrogen) atoms. The zero-order valence-corrected chi connectivity index (χ0v) is 18.1. The molecule has 0 fully saturated rings. The number of nitrogens with one attached hydrogen (secondary N) is 1. The standard InChI is InChI=1S/C27H23F2N3O/c1-2-18-9-11-19(12-10-18)26-25-8-5-15-31(25)24-7-4-3-6-20(24)17-32(26)27(33)30-23-14-13-21(28)16-22(23)29/h3-16,26H,2,17H2,1H3,(H,30,33). The van der Waals surface area contributed by atoms with Gasteiger partial charge >= 0.3 is 6.03 Å². The summed E-state index contributed by atoms with van der Waals surface area (Å²) in [7, 11) is 0. The second-order valence-electron chi connectivity index (χ2n) is 8.11. The van der Waals surface area contributed by atoms with E-state index < -0.39 is 23.7 Å². The summed E-state index contributed by atoms with van der Waals surface area (Å²) in [5.41, 5.74) is 4.99. The maximum Gasteiger partial charge on any atom is 0.323 e. The van der Waals surface area contributed by atoms with Crippen LogP contribution in [0.4, 0.5) is 19.3 Å². The molecule has 4 nitrogen and oxygen atoms in total. The smallest absolute Gasteiger partial charge is 0.318 e. The molecule has 6 heteroatoms. The first-order valence-electron chi connectivity index (χ1n) is 10.9. The van der Waals surface area contributed by atoms with Crippen molar-refractivity contribution in [2.24, 2.45) is 0 Å². The molecule has 1 aliphatic rings. The molecule has 0 spiro atoms. The molecule has 0 saturated carbocycles. The lowest BCUT2D eigenvalue weighted by Gasteiger charge is -2.31. The lowest BCUT2D eigenvalue weighted by atomic mass is 10.00. The molecule has 1 aromatic heterocycles. The second-order valence-corrected chi connectivity index (χ2v) is 8.11. The minimum Gasteiger partial charge on any atom is -0.318 e. The van der Waals surface area contributed by atoms with Gasteiger partial charge in [0.2, 0.25) is 0 Å². The van der Waals surface area contributed by atoms with Gasteiger partial charge < -0.3 is 14.8 Å². The zero-order chi connectivity index (χ0) is 22.9. The SMILES string of the molecule is CCc1ccc(C2c3cccn3-c3ccccc3CN2C(=O)Nc2ccc(F)cc2F)cc1. The zero-order valence-electron chi connectivity index (χ0n) is 18.1. The number of fused-ring (bicyclic) bond motifs is 3. The lowest BCUT2D eigenvalue weighted by Crippen LogP contribution is -2.38. The van der Waals surface area contributed by atoms with Crippen LogP contribution in [0, 0.1) is 11.6 Å². The molecule has 2 amide bonds. The van der Waals surface area contributed by atoms with Crippen molar-refractivity contribution in [1.29, 1.82) is 0 Å². The van der Waals surface area contributed by atoms with Crippen molar-refractivity contribution in [1.82, 2.24) is 9.47 Å². The van der Waals surface area contributed by atoms with Crippen molar-refractivity contribution in [3.63, 3.8) is 0 Å². The molecule has 1 atom stereocenters. The number of para-hydroxylation sites is 1. The number of carbonyl (C=O) groups is 1. The highest BCUT2D eigenvalue weighted by molar-refractivity contribution is 5.90. The van der Waals surface area contributed by atoms with Crippen molar-refractivity contribution in [2.45, 2.75) is 25.9 Å². The molecule has 5 rings (SSSR count). The van der Waals surface area contributed by atoms with Crippen LogP contribution >= 0.6 is 0 Å². The number of benzene rings is 3. The Bertz CT molecular complexity index is 1310. The van der Waals surface area contributed by atoms with Crippen molar-refractivity contribution in [3.05, 3.63) is 119 Å². The van der Waals surface area contributed by atoms with Gasteiger partial charge in [0, 0.05) is 18.0 Å². The van der Waals surface area contributed by atoms with Crippen LogP contribution < -0.4 is 5.32 Å². The largest absolute Gasteiger partial charge is 0.323 e. The van der Waals surface area contributed by atoms with Crippen LogP contribution in [-0.2, 0) is 13.0 Å². The maximum absolute atomic E-state index is 14.3. The number of urea groups is 1. The molecule has 0 aliphatic carbocycles. The molecule has 1 N–H and O–H groups in total. The molecule has 0 saturated heterocycles. The number of carbonyl (C=O) groups excluding carboxylic acids is 1. The van der Waals surface area contributed by atoms with E-state index in [1.807, 2.05) is 54.7 Å². The molecular formula is C27H23F2N3O. The van der Waals surface area contributed by atoms with Gasteiger partial charge in [-0.1, -0.05) is 49.4 Å². The molecular weight excluding hydrogens is 420 g/mol. The normalized spacial score (nSPS) is 14.9. The fourth-order valence-corrected chi connectivity index (χ4v) is 4.40. The Kier molecular flexibility index (Phi) is 5.42. The average molecular weight is 443 g/mol. The number of hydrogen-bond acceptors (Lipinski definition) is 1. The monoisotopic (exact) mass is 443 g/mol. The maximum atomic E-state index is 14.3. The molecule has 166 valence electrons. The van der Waals surface area contributed by atoms with Crippen molar-refractivity contribution in [2.75, 3.05) is 5.32 Å². The first kappa shape index (κ1) is 20.9. The molecule has 3 aromatic carbocycles. The Morgan fingerprint density at radius 2 is 1.79 bits per heavy atom. The first-order chi connectivity index (χ1) is 16.0. The van der Waals surface area contributed by atoms with E-state index in [1.165, 1.54) is 11.6 Å². The molecule has 4 aromatic rings. The summed E-state index contributed by atoms with van der Waals surface area (Å²) < 4.78 is 29.8. The highest BCUT2D eigenvalue weighted by Crippen LogP contribution is 2.37.